The first-order valence-electron chi connectivity index (χ1n) is 6.06. The van der Waals surface area contributed by atoms with Crippen molar-refractivity contribution in [1.82, 2.24) is 0 Å². The summed E-state index contributed by atoms with van der Waals surface area (Å²) in [6, 6.07) is 0. The summed E-state index contributed by atoms with van der Waals surface area (Å²) in [5.74, 6) is 0. The smallest absolute Gasteiger partial charge is 0.191 e. The van der Waals surface area contributed by atoms with Gasteiger partial charge in [-0.05, 0) is 25.1 Å². The quantitative estimate of drug-likeness (QED) is 0.507. The van der Waals surface area contributed by atoms with Crippen LogP contribution >= 0.6 is 7.75 Å². The van der Waals surface area contributed by atoms with Gasteiger partial charge in [0.2, 0.25) is 0 Å². The molecular formula is C12H29OPSi2. The molecule has 0 saturated carbocycles. The zero-order valence-electron chi connectivity index (χ0n) is 12.6. The van der Waals surface area contributed by atoms with Crippen LogP contribution in [0.15, 0.2) is 0 Å². The van der Waals surface area contributed by atoms with E-state index >= 15 is 0 Å². The van der Waals surface area contributed by atoms with Gasteiger partial charge >= 0.3 is 0 Å². The first-order chi connectivity index (χ1) is 6.79. The molecule has 0 heterocycles. The molecule has 0 saturated heterocycles. The van der Waals surface area contributed by atoms with E-state index in [1.165, 1.54) is 13.2 Å². The maximum absolute atomic E-state index is 6.27. The first-order valence-corrected chi connectivity index (χ1v) is 14.7. The van der Waals surface area contributed by atoms with Crippen LogP contribution in [0.5, 0.6) is 0 Å². The van der Waals surface area contributed by atoms with Gasteiger partial charge in [0.25, 0.3) is 0 Å². The molecule has 0 radical (unpaired) electrons. The molecule has 4 heteroatoms. The van der Waals surface area contributed by atoms with Gasteiger partial charge in [0.1, 0.15) is 7.74 Å². The molecule has 96 valence electrons. The third kappa shape index (κ3) is 11.1. The van der Waals surface area contributed by atoms with E-state index in [9.17, 15) is 0 Å². The second kappa shape index (κ2) is 5.47. The minimum absolute atomic E-state index is 0.335. The number of hydrogen-bond donors (Lipinski definition) is 0. The summed E-state index contributed by atoms with van der Waals surface area (Å²) in [6.45, 7) is 20.9. The van der Waals surface area contributed by atoms with Crippen molar-refractivity contribution in [2.45, 2.75) is 66.5 Å². The van der Waals surface area contributed by atoms with E-state index in [1.807, 2.05) is 0 Å². The molecule has 0 N–H and O–H groups in total. The van der Waals surface area contributed by atoms with Gasteiger partial charge in [0, 0.05) is 6.42 Å². The Morgan fingerprint density at radius 2 is 1.44 bits per heavy atom. The number of hydrogen-bond acceptors (Lipinski definition) is 1. The Balaban J connectivity index is 4.87. The standard InChI is InChI=1S/C12H29OPSi2/c1-12(2,3)10-11(13-15(4,5)6)14-16(7,8)9/h10H2,1-9H3. The van der Waals surface area contributed by atoms with Crippen LogP contribution in [0, 0.1) is 5.41 Å². The van der Waals surface area contributed by atoms with E-state index in [-0.39, 0.29) is 0 Å². The zero-order chi connectivity index (χ0) is 13.2. The average Bonchev–Trinajstić information content (AvgIpc) is 1.70. The van der Waals surface area contributed by atoms with Crippen LogP contribution in [0.2, 0.25) is 39.3 Å². The van der Waals surface area contributed by atoms with Crippen LogP contribution in [0.4, 0.5) is 0 Å². The SMILES string of the molecule is CC(C)(C)CC(O[Si](C)(C)C)=P[Si](C)(C)C. The van der Waals surface area contributed by atoms with Crippen molar-refractivity contribution >= 4 is 29.3 Å². The molecule has 0 aliphatic carbocycles. The van der Waals surface area contributed by atoms with Gasteiger partial charge in [-0.3, -0.25) is 0 Å². The average molecular weight is 277 g/mol. The molecule has 0 atom stereocenters. The predicted molar refractivity (Wildman–Crippen MR) is 83.8 cm³/mol. The van der Waals surface area contributed by atoms with Crippen LogP contribution in [-0.2, 0) is 4.43 Å². The fraction of sp³-hybridized carbons (Fsp3) is 0.917. The monoisotopic (exact) mass is 276 g/mol. The Morgan fingerprint density at radius 1 is 1.00 bits per heavy atom. The van der Waals surface area contributed by atoms with Gasteiger partial charge in [0.05, 0.1) is 5.48 Å². The largest absolute Gasteiger partial charge is 0.386 e. The summed E-state index contributed by atoms with van der Waals surface area (Å²) in [4.78, 5) is 0. The molecule has 0 aromatic rings. The Kier molecular flexibility index (Phi) is 5.66. The molecule has 0 spiro atoms. The van der Waals surface area contributed by atoms with E-state index < -0.39 is 16.1 Å². The van der Waals surface area contributed by atoms with E-state index in [0.29, 0.717) is 5.41 Å². The van der Waals surface area contributed by atoms with Gasteiger partial charge in [0.15, 0.2) is 8.32 Å². The number of rotatable bonds is 4. The van der Waals surface area contributed by atoms with Gasteiger partial charge in [-0.1, -0.05) is 48.2 Å². The molecule has 0 aromatic heterocycles. The topological polar surface area (TPSA) is 9.23 Å². The summed E-state index contributed by atoms with van der Waals surface area (Å²) in [7, 11) is -1.04. The second-order valence-corrected chi connectivity index (χ2v) is 21.8. The third-order valence-electron chi connectivity index (χ3n) is 1.57. The van der Waals surface area contributed by atoms with Crippen LogP contribution in [0.25, 0.3) is 0 Å². The van der Waals surface area contributed by atoms with Crippen molar-refractivity contribution in [2.24, 2.45) is 5.41 Å². The molecule has 0 aliphatic rings. The maximum atomic E-state index is 6.27. The highest BCUT2D eigenvalue weighted by atomic mass is 31.3. The van der Waals surface area contributed by atoms with E-state index in [2.05, 4.69) is 60.1 Å². The molecular weight excluding hydrogens is 247 g/mol. The summed E-state index contributed by atoms with van der Waals surface area (Å²) in [5.41, 5.74) is 1.67. The summed E-state index contributed by atoms with van der Waals surface area (Å²) < 4.78 is 6.27. The van der Waals surface area contributed by atoms with Crippen molar-refractivity contribution in [2.75, 3.05) is 0 Å². The van der Waals surface area contributed by atoms with Gasteiger partial charge < -0.3 is 4.43 Å². The lowest BCUT2D eigenvalue weighted by Gasteiger charge is -2.27. The molecule has 0 fully saturated rings. The molecule has 0 unspecified atom stereocenters. The Bertz CT molecular complexity index is 236. The van der Waals surface area contributed by atoms with Crippen LogP contribution in [-0.4, -0.2) is 21.5 Å². The van der Waals surface area contributed by atoms with Crippen molar-refractivity contribution in [3.63, 3.8) is 0 Å². The summed E-state index contributed by atoms with van der Waals surface area (Å²) in [5, 5.41) is 0. The minimum atomic E-state index is -1.44. The second-order valence-electron chi connectivity index (χ2n) is 7.63. The Morgan fingerprint density at radius 3 is 1.69 bits per heavy atom. The zero-order valence-corrected chi connectivity index (χ0v) is 15.5. The summed E-state index contributed by atoms with van der Waals surface area (Å²) >= 11 is 0. The summed E-state index contributed by atoms with van der Waals surface area (Å²) in [6.07, 6.45) is 1.10. The van der Waals surface area contributed by atoms with E-state index in [4.69, 9.17) is 4.43 Å². The lowest BCUT2D eigenvalue weighted by molar-refractivity contribution is 0.403. The maximum Gasteiger partial charge on any atom is 0.191 e. The normalized spacial score (nSPS) is 15.4. The molecule has 1 nitrogen and oxygen atoms in total. The van der Waals surface area contributed by atoms with Gasteiger partial charge in [-0.15, -0.1) is 0 Å². The van der Waals surface area contributed by atoms with Crippen LogP contribution < -0.4 is 0 Å². The lowest BCUT2D eigenvalue weighted by Crippen LogP contribution is -2.31. The van der Waals surface area contributed by atoms with E-state index in [1.54, 1.807) is 0 Å². The fourth-order valence-electron chi connectivity index (χ4n) is 1.28. The predicted octanol–water partition coefficient (Wildman–Crippen LogP) is 5.19. The van der Waals surface area contributed by atoms with Crippen LogP contribution in [0.3, 0.4) is 0 Å². The fourth-order valence-corrected chi connectivity index (χ4v) is 7.26. The molecule has 0 bridgehead atoms. The molecule has 0 rings (SSSR count). The lowest BCUT2D eigenvalue weighted by atomic mass is 9.93. The highest BCUT2D eigenvalue weighted by molar-refractivity contribution is 7.81. The highest BCUT2D eigenvalue weighted by Crippen LogP contribution is 2.28. The van der Waals surface area contributed by atoms with Crippen molar-refractivity contribution in [3.8, 4) is 0 Å². The molecule has 16 heavy (non-hydrogen) atoms. The van der Waals surface area contributed by atoms with Gasteiger partial charge in [-0.2, -0.15) is 0 Å². The Hall–Kier alpha value is 0.564. The van der Waals surface area contributed by atoms with Crippen LogP contribution in [0.1, 0.15) is 27.2 Å². The van der Waals surface area contributed by atoms with Crippen molar-refractivity contribution < 1.29 is 4.43 Å². The first kappa shape index (κ1) is 16.6. The molecule has 0 amide bonds. The van der Waals surface area contributed by atoms with Crippen molar-refractivity contribution in [3.05, 3.63) is 0 Å². The van der Waals surface area contributed by atoms with E-state index in [0.717, 1.165) is 6.42 Å². The molecule has 0 aromatic carbocycles. The minimum Gasteiger partial charge on any atom is -0.386 e. The third-order valence-corrected chi connectivity index (χ3v) is 6.53. The Labute approximate surface area is 106 Å². The van der Waals surface area contributed by atoms with Crippen molar-refractivity contribution in [1.29, 1.82) is 0 Å². The highest BCUT2D eigenvalue weighted by Gasteiger charge is 2.23. The molecule has 0 aliphatic heterocycles. The van der Waals surface area contributed by atoms with Gasteiger partial charge in [-0.25, -0.2) is 0 Å².